The van der Waals surface area contributed by atoms with E-state index in [-0.39, 0.29) is 0 Å². The normalized spacial score (nSPS) is 18.2. The summed E-state index contributed by atoms with van der Waals surface area (Å²) in [5.74, 6) is 0. The van der Waals surface area contributed by atoms with Crippen LogP contribution in [0.4, 0.5) is 5.69 Å². The van der Waals surface area contributed by atoms with Gasteiger partial charge in [0.15, 0.2) is 0 Å². The molecule has 94 valence electrons. The highest BCUT2D eigenvalue weighted by molar-refractivity contribution is 5.57. The molecule has 0 amide bonds. The number of benzene rings is 1. The molecule has 0 aliphatic carbocycles. The summed E-state index contributed by atoms with van der Waals surface area (Å²) in [7, 11) is 0. The lowest BCUT2D eigenvalue weighted by Crippen LogP contribution is -2.25. The van der Waals surface area contributed by atoms with E-state index in [9.17, 15) is 0 Å². The lowest BCUT2D eigenvalue weighted by atomic mass is 10.0. The smallest absolute Gasteiger partial charge is 0.0375 e. The van der Waals surface area contributed by atoms with E-state index in [4.69, 9.17) is 0 Å². The van der Waals surface area contributed by atoms with Gasteiger partial charge in [0.05, 0.1) is 0 Å². The molecular formula is C15H24N2. The molecule has 1 aliphatic heterocycles. The maximum atomic E-state index is 3.50. The Bertz CT molecular complexity index is 369. The minimum atomic E-state index is 0.600. The van der Waals surface area contributed by atoms with E-state index in [1.165, 1.54) is 36.2 Å². The van der Waals surface area contributed by atoms with Gasteiger partial charge in [-0.15, -0.1) is 0 Å². The van der Waals surface area contributed by atoms with Gasteiger partial charge in [-0.3, -0.25) is 0 Å². The standard InChI is InChI=1S/C15H24N2/c1-4-17(5-2)9-8-13-6-7-15-14(11-13)10-12(3)16-15/h6-7,11-12,16H,4-5,8-10H2,1-3H3. The largest absolute Gasteiger partial charge is 0.382 e. The van der Waals surface area contributed by atoms with Gasteiger partial charge in [-0.2, -0.15) is 0 Å². The predicted molar refractivity (Wildman–Crippen MR) is 74.7 cm³/mol. The molecule has 1 aromatic carbocycles. The second kappa shape index (κ2) is 5.54. The molecule has 0 aromatic heterocycles. The van der Waals surface area contributed by atoms with Gasteiger partial charge in [0.2, 0.25) is 0 Å². The van der Waals surface area contributed by atoms with Gasteiger partial charge in [-0.25, -0.2) is 0 Å². The fourth-order valence-corrected chi connectivity index (χ4v) is 2.59. The molecule has 1 N–H and O–H groups in total. The zero-order valence-electron chi connectivity index (χ0n) is 11.3. The van der Waals surface area contributed by atoms with Crippen LogP contribution in [0.15, 0.2) is 18.2 Å². The number of nitrogens with zero attached hydrogens (tertiary/aromatic N) is 1. The molecule has 1 atom stereocenters. The molecule has 0 saturated heterocycles. The Morgan fingerprint density at radius 1 is 1.29 bits per heavy atom. The maximum absolute atomic E-state index is 3.50. The molecule has 2 nitrogen and oxygen atoms in total. The summed E-state index contributed by atoms with van der Waals surface area (Å²) in [6.45, 7) is 10.2. The van der Waals surface area contributed by atoms with Crippen LogP contribution in [-0.2, 0) is 12.8 Å². The van der Waals surface area contributed by atoms with E-state index >= 15 is 0 Å². The number of fused-ring (bicyclic) bond motifs is 1. The predicted octanol–water partition coefficient (Wildman–Crippen LogP) is 2.93. The first-order valence-electron chi connectivity index (χ1n) is 6.83. The number of hydrogen-bond donors (Lipinski definition) is 1. The summed E-state index contributed by atoms with van der Waals surface area (Å²) in [4.78, 5) is 2.48. The number of anilines is 1. The summed E-state index contributed by atoms with van der Waals surface area (Å²) in [6.07, 6.45) is 2.35. The van der Waals surface area contributed by atoms with Crippen molar-refractivity contribution in [2.24, 2.45) is 0 Å². The Morgan fingerprint density at radius 3 is 2.76 bits per heavy atom. The lowest BCUT2D eigenvalue weighted by Gasteiger charge is -2.17. The zero-order chi connectivity index (χ0) is 12.3. The monoisotopic (exact) mass is 232 g/mol. The van der Waals surface area contributed by atoms with E-state index in [2.05, 4.69) is 49.2 Å². The molecule has 0 spiro atoms. The first-order valence-corrected chi connectivity index (χ1v) is 6.83. The minimum absolute atomic E-state index is 0.600. The molecule has 0 bridgehead atoms. The molecule has 0 fully saturated rings. The summed E-state index contributed by atoms with van der Waals surface area (Å²) < 4.78 is 0. The van der Waals surface area contributed by atoms with Gasteiger partial charge in [-0.1, -0.05) is 26.0 Å². The fraction of sp³-hybridized carbons (Fsp3) is 0.600. The van der Waals surface area contributed by atoms with Crippen LogP contribution in [0.25, 0.3) is 0 Å². The summed E-state index contributed by atoms with van der Waals surface area (Å²) in [5.41, 5.74) is 4.31. The van der Waals surface area contributed by atoms with E-state index < -0.39 is 0 Å². The summed E-state index contributed by atoms with van der Waals surface area (Å²) >= 11 is 0. The Morgan fingerprint density at radius 2 is 2.06 bits per heavy atom. The molecule has 17 heavy (non-hydrogen) atoms. The van der Waals surface area contributed by atoms with Crippen molar-refractivity contribution in [1.29, 1.82) is 0 Å². The molecule has 2 rings (SSSR count). The highest BCUT2D eigenvalue weighted by atomic mass is 15.1. The van der Waals surface area contributed by atoms with Gasteiger partial charge in [0.1, 0.15) is 0 Å². The van der Waals surface area contributed by atoms with Crippen LogP contribution in [0, 0.1) is 0 Å². The van der Waals surface area contributed by atoms with Gasteiger partial charge in [0, 0.05) is 18.3 Å². The molecule has 2 heteroatoms. The van der Waals surface area contributed by atoms with Crippen molar-refractivity contribution in [2.75, 3.05) is 25.0 Å². The fourth-order valence-electron chi connectivity index (χ4n) is 2.59. The van der Waals surface area contributed by atoms with Crippen molar-refractivity contribution in [2.45, 2.75) is 39.7 Å². The molecule has 1 heterocycles. The van der Waals surface area contributed by atoms with Gasteiger partial charge in [-0.05, 0) is 50.0 Å². The Kier molecular flexibility index (Phi) is 4.06. The van der Waals surface area contributed by atoms with Crippen molar-refractivity contribution in [1.82, 2.24) is 4.90 Å². The first-order chi connectivity index (χ1) is 8.22. The maximum Gasteiger partial charge on any atom is 0.0375 e. The van der Waals surface area contributed by atoms with Crippen LogP contribution in [0.1, 0.15) is 31.9 Å². The van der Waals surface area contributed by atoms with Crippen LogP contribution in [-0.4, -0.2) is 30.6 Å². The average molecular weight is 232 g/mol. The second-order valence-corrected chi connectivity index (χ2v) is 5.02. The van der Waals surface area contributed by atoms with Crippen molar-refractivity contribution < 1.29 is 0 Å². The van der Waals surface area contributed by atoms with Gasteiger partial charge >= 0.3 is 0 Å². The van der Waals surface area contributed by atoms with Crippen LogP contribution < -0.4 is 5.32 Å². The topological polar surface area (TPSA) is 15.3 Å². The van der Waals surface area contributed by atoms with Gasteiger partial charge < -0.3 is 10.2 Å². The SMILES string of the molecule is CCN(CC)CCc1ccc2c(c1)CC(C)N2. The first kappa shape index (κ1) is 12.4. The number of likely N-dealkylation sites (N-methyl/N-ethyl adjacent to an activating group) is 1. The highest BCUT2D eigenvalue weighted by Gasteiger charge is 2.16. The highest BCUT2D eigenvalue weighted by Crippen LogP contribution is 2.26. The van der Waals surface area contributed by atoms with E-state index in [1.807, 2.05) is 0 Å². The lowest BCUT2D eigenvalue weighted by molar-refractivity contribution is 0.308. The summed E-state index contributed by atoms with van der Waals surface area (Å²) in [5, 5.41) is 3.50. The Labute approximate surface area is 105 Å². The number of nitrogens with one attached hydrogen (secondary N) is 1. The van der Waals surface area contributed by atoms with E-state index in [0.29, 0.717) is 6.04 Å². The average Bonchev–Trinajstić information content (AvgIpc) is 2.69. The zero-order valence-corrected chi connectivity index (χ0v) is 11.3. The van der Waals surface area contributed by atoms with E-state index in [0.717, 1.165) is 13.1 Å². The number of rotatable bonds is 5. The molecular weight excluding hydrogens is 208 g/mol. The van der Waals surface area contributed by atoms with Crippen LogP contribution in [0.5, 0.6) is 0 Å². The molecule has 1 aromatic rings. The third-order valence-electron chi connectivity index (χ3n) is 3.71. The van der Waals surface area contributed by atoms with Gasteiger partial charge in [0.25, 0.3) is 0 Å². The molecule has 1 aliphatic rings. The van der Waals surface area contributed by atoms with Crippen molar-refractivity contribution in [3.8, 4) is 0 Å². The minimum Gasteiger partial charge on any atom is -0.382 e. The van der Waals surface area contributed by atoms with Crippen LogP contribution in [0.3, 0.4) is 0 Å². The second-order valence-electron chi connectivity index (χ2n) is 5.02. The third kappa shape index (κ3) is 3.01. The van der Waals surface area contributed by atoms with Crippen LogP contribution in [0.2, 0.25) is 0 Å². The van der Waals surface area contributed by atoms with Crippen molar-refractivity contribution in [3.05, 3.63) is 29.3 Å². The third-order valence-corrected chi connectivity index (χ3v) is 3.71. The van der Waals surface area contributed by atoms with Crippen molar-refractivity contribution >= 4 is 5.69 Å². The summed E-state index contributed by atoms with van der Waals surface area (Å²) in [6, 6.07) is 7.50. The number of hydrogen-bond acceptors (Lipinski definition) is 2. The van der Waals surface area contributed by atoms with E-state index in [1.54, 1.807) is 0 Å². The Balaban J connectivity index is 1.97. The quantitative estimate of drug-likeness (QED) is 0.839. The molecule has 1 unspecified atom stereocenters. The molecule has 0 saturated carbocycles. The Hall–Kier alpha value is -1.02. The van der Waals surface area contributed by atoms with Crippen LogP contribution >= 0.6 is 0 Å². The molecule has 0 radical (unpaired) electrons. The van der Waals surface area contributed by atoms with Crippen molar-refractivity contribution in [3.63, 3.8) is 0 Å².